The molecule has 0 spiro atoms. The van der Waals surface area contributed by atoms with Crippen LogP contribution in [0.2, 0.25) is 0 Å². The zero-order chi connectivity index (χ0) is 18.3. The van der Waals surface area contributed by atoms with E-state index in [1.165, 1.54) is 19.2 Å². The molecule has 4 rings (SSSR count). The average molecular weight is 351 g/mol. The zero-order valence-electron chi connectivity index (χ0n) is 14.5. The first-order chi connectivity index (χ1) is 12.6. The fourth-order valence-corrected chi connectivity index (χ4v) is 3.51. The van der Waals surface area contributed by atoms with Crippen molar-refractivity contribution in [3.63, 3.8) is 0 Å². The van der Waals surface area contributed by atoms with Crippen LogP contribution in [0.25, 0.3) is 11.0 Å². The van der Waals surface area contributed by atoms with Gasteiger partial charge in [-0.3, -0.25) is 4.57 Å². The third kappa shape index (κ3) is 2.45. The number of para-hydroxylation sites is 2. The van der Waals surface area contributed by atoms with Crippen LogP contribution in [0.4, 0.5) is 10.3 Å². The highest BCUT2D eigenvalue weighted by atomic mass is 19.1. The molecule has 0 aliphatic carbocycles. The van der Waals surface area contributed by atoms with Crippen LogP contribution in [-0.4, -0.2) is 22.6 Å². The van der Waals surface area contributed by atoms with Gasteiger partial charge in [-0.1, -0.05) is 31.2 Å². The summed E-state index contributed by atoms with van der Waals surface area (Å²) in [6, 6.07) is 13.5. The number of rotatable bonds is 3. The summed E-state index contributed by atoms with van der Waals surface area (Å²) in [4.78, 5) is 17.3. The molecule has 0 saturated carbocycles. The van der Waals surface area contributed by atoms with Crippen molar-refractivity contribution >= 4 is 23.0 Å². The standard InChI is InChI=1S/C20H18FN3O2/c1-3-14-17(19(25)26-2)18(12-7-6-8-13(21)11-12)24-16-10-5-4-9-15(16)23-20(24)22-14/h4-11,18H,3H2,1-2H3,(H,22,23)/t18-/m1/s1. The summed E-state index contributed by atoms with van der Waals surface area (Å²) < 4.78 is 20.9. The van der Waals surface area contributed by atoms with Crippen LogP contribution >= 0.6 is 0 Å². The van der Waals surface area contributed by atoms with E-state index in [1.54, 1.807) is 6.07 Å². The molecule has 5 nitrogen and oxygen atoms in total. The third-order valence-corrected chi connectivity index (χ3v) is 4.64. The Kier molecular flexibility index (Phi) is 3.95. The molecule has 2 aromatic carbocycles. The van der Waals surface area contributed by atoms with Gasteiger partial charge in [-0.15, -0.1) is 0 Å². The van der Waals surface area contributed by atoms with E-state index >= 15 is 0 Å². The minimum absolute atomic E-state index is 0.353. The molecule has 1 atom stereocenters. The lowest BCUT2D eigenvalue weighted by atomic mass is 9.94. The molecule has 26 heavy (non-hydrogen) atoms. The monoisotopic (exact) mass is 351 g/mol. The zero-order valence-corrected chi connectivity index (χ0v) is 14.5. The van der Waals surface area contributed by atoms with Gasteiger partial charge in [-0.05, 0) is 36.2 Å². The number of halogens is 1. The predicted octanol–water partition coefficient (Wildman–Crippen LogP) is 4.03. The lowest BCUT2D eigenvalue weighted by Crippen LogP contribution is -2.29. The summed E-state index contributed by atoms with van der Waals surface area (Å²) in [5, 5.41) is 3.25. The van der Waals surface area contributed by atoms with Crippen molar-refractivity contribution < 1.29 is 13.9 Å². The number of allylic oxidation sites excluding steroid dienone is 1. The first kappa shape index (κ1) is 16.3. The second-order valence-electron chi connectivity index (χ2n) is 6.11. The third-order valence-electron chi connectivity index (χ3n) is 4.64. The number of carbonyl (C=O) groups is 1. The summed E-state index contributed by atoms with van der Waals surface area (Å²) in [6.45, 7) is 1.95. The fourth-order valence-electron chi connectivity index (χ4n) is 3.51. The summed E-state index contributed by atoms with van der Waals surface area (Å²) in [6.07, 6.45) is 0.597. The van der Waals surface area contributed by atoms with E-state index in [-0.39, 0.29) is 5.82 Å². The van der Waals surface area contributed by atoms with Gasteiger partial charge in [-0.25, -0.2) is 14.2 Å². The minimum Gasteiger partial charge on any atom is -0.466 e. The van der Waals surface area contributed by atoms with Crippen molar-refractivity contribution in [3.8, 4) is 0 Å². The van der Waals surface area contributed by atoms with Crippen molar-refractivity contribution in [1.29, 1.82) is 0 Å². The molecule has 0 unspecified atom stereocenters. The number of fused-ring (bicyclic) bond motifs is 3. The molecule has 1 aliphatic heterocycles. The van der Waals surface area contributed by atoms with Crippen LogP contribution in [0, 0.1) is 5.82 Å². The Hall–Kier alpha value is -3.15. The first-order valence-electron chi connectivity index (χ1n) is 8.44. The number of benzene rings is 2. The number of nitrogens with zero attached hydrogens (tertiary/aromatic N) is 2. The molecule has 0 saturated heterocycles. The number of methoxy groups -OCH3 is 1. The summed E-state index contributed by atoms with van der Waals surface area (Å²) in [5.74, 6) is -0.161. The predicted molar refractivity (Wildman–Crippen MR) is 97.2 cm³/mol. The fraction of sp³-hybridized carbons (Fsp3) is 0.200. The van der Waals surface area contributed by atoms with E-state index in [2.05, 4.69) is 10.3 Å². The lowest BCUT2D eigenvalue weighted by molar-refractivity contribution is -0.136. The van der Waals surface area contributed by atoms with Crippen LogP contribution in [0.5, 0.6) is 0 Å². The lowest BCUT2D eigenvalue weighted by Gasteiger charge is -2.30. The first-order valence-corrected chi connectivity index (χ1v) is 8.44. The number of hydrogen-bond donors (Lipinski definition) is 1. The van der Waals surface area contributed by atoms with Crippen molar-refractivity contribution in [2.24, 2.45) is 0 Å². The van der Waals surface area contributed by atoms with E-state index in [1.807, 2.05) is 41.8 Å². The highest BCUT2D eigenvalue weighted by molar-refractivity contribution is 5.94. The van der Waals surface area contributed by atoms with Crippen LogP contribution in [-0.2, 0) is 9.53 Å². The van der Waals surface area contributed by atoms with Gasteiger partial charge < -0.3 is 10.1 Å². The van der Waals surface area contributed by atoms with E-state index in [0.29, 0.717) is 23.5 Å². The normalized spacial score (nSPS) is 16.3. The maximum Gasteiger partial charge on any atom is 0.338 e. The molecule has 0 bridgehead atoms. The Morgan fingerprint density at radius 1 is 1.27 bits per heavy atom. The Morgan fingerprint density at radius 3 is 2.81 bits per heavy atom. The van der Waals surface area contributed by atoms with Gasteiger partial charge in [-0.2, -0.15) is 0 Å². The number of nitrogens with one attached hydrogen (secondary N) is 1. The molecule has 132 valence electrons. The summed E-state index contributed by atoms with van der Waals surface area (Å²) in [5.41, 5.74) is 3.53. The summed E-state index contributed by atoms with van der Waals surface area (Å²) in [7, 11) is 1.35. The van der Waals surface area contributed by atoms with Crippen molar-refractivity contribution in [2.45, 2.75) is 19.4 Å². The van der Waals surface area contributed by atoms with Gasteiger partial charge in [0.1, 0.15) is 5.82 Å². The van der Waals surface area contributed by atoms with Gasteiger partial charge in [0, 0.05) is 5.70 Å². The highest BCUT2D eigenvalue weighted by Crippen LogP contribution is 2.40. The van der Waals surface area contributed by atoms with E-state index < -0.39 is 12.0 Å². The smallest absolute Gasteiger partial charge is 0.338 e. The minimum atomic E-state index is -0.517. The molecular formula is C20H18FN3O2. The Labute approximate surface area is 150 Å². The number of aromatic nitrogens is 2. The van der Waals surface area contributed by atoms with Crippen LogP contribution in [0.1, 0.15) is 24.9 Å². The van der Waals surface area contributed by atoms with Gasteiger partial charge in [0.05, 0.1) is 29.8 Å². The molecule has 1 N–H and O–H groups in total. The quantitative estimate of drug-likeness (QED) is 0.724. The van der Waals surface area contributed by atoms with Crippen molar-refractivity contribution in [3.05, 3.63) is 71.2 Å². The van der Waals surface area contributed by atoms with Crippen LogP contribution in [0.3, 0.4) is 0 Å². The van der Waals surface area contributed by atoms with E-state index in [0.717, 1.165) is 16.7 Å². The summed E-state index contributed by atoms with van der Waals surface area (Å²) >= 11 is 0. The van der Waals surface area contributed by atoms with Crippen molar-refractivity contribution in [2.75, 3.05) is 12.4 Å². The average Bonchev–Trinajstić information content (AvgIpc) is 3.04. The molecule has 0 radical (unpaired) electrons. The molecule has 3 aromatic rings. The Morgan fingerprint density at radius 2 is 2.08 bits per heavy atom. The number of imidazole rings is 1. The van der Waals surface area contributed by atoms with Crippen LogP contribution < -0.4 is 5.32 Å². The second kappa shape index (κ2) is 6.29. The van der Waals surface area contributed by atoms with Crippen LogP contribution in [0.15, 0.2) is 59.8 Å². The second-order valence-corrected chi connectivity index (χ2v) is 6.11. The Balaban J connectivity index is 2.04. The maximum atomic E-state index is 14.0. The van der Waals surface area contributed by atoms with E-state index in [4.69, 9.17) is 4.74 Å². The van der Waals surface area contributed by atoms with E-state index in [9.17, 15) is 9.18 Å². The number of esters is 1. The van der Waals surface area contributed by atoms with Crippen molar-refractivity contribution in [1.82, 2.24) is 9.55 Å². The highest BCUT2D eigenvalue weighted by Gasteiger charge is 2.35. The molecule has 2 heterocycles. The molecular weight excluding hydrogens is 333 g/mol. The Bertz CT molecular complexity index is 1040. The molecule has 0 amide bonds. The topological polar surface area (TPSA) is 56.2 Å². The molecule has 1 aliphatic rings. The molecule has 1 aromatic heterocycles. The number of ether oxygens (including phenoxy) is 1. The molecule has 0 fully saturated rings. The van der Waals surface area contributed by atoms with Gasteiger partial charge in [0.25, 0.3) is 0 Å². The maximum absolute atomic E-state index is 14.0. The SMILES string of the molecule is CCC1=C(C(=O)OC)[C@@H](c2cccc(F)c2)n2c(nc3ccccc32)N1. The van der Waals surface area contributed by atoms with Gasteiger partial charge >= 0.3 is 5.97 Å². The number of hydrogen-bond acceptors (Lipinski definition) is 4. The van der Waals surface area contributed by atoms with Gasteiger partial charge in [0.2, 0.25) is 5.95 Å². The largest absolute Gasteiger partial charge is 0.466 e. The van der Waals surface area contributed by atoms with Gasteiger partial charge in [0.15, 0.2) is 0 Å². The number of anilines is 1. The number of carbonyl (C=O) groups excluding carboxylic acids is 1. The molecule has 6 heteroatoms.